The molecule has 1 heterocycles. The van der Waals surface area contributed by atoms with Crippen LogP contribution in [0.25, 0.3) is 0 Å². The molecule has 0 aromatic rings. The maximum Gasteiger partial charge on any atom is 0.234 e. The molecule has 0 amide bonds. The molecular weight excluding hydrogens is 192 g/mol. The monoisotopic (exact) mass is 212 g/mol. The Morgan fingerprint density at radius 1 is 1.13 bits per heavy atom. The Bertz CT molecular complexity index is 197. The van der Waals surface area contributed by atoms with Crippen LogP contribution in [0.1, 0.15) is 25.7 Å². The molecule has 0 atom stereocenters. The molecule has 0 saturated carbocycles. The Hall–Kier alpha value is -0.700. The van der Waals surface area contributed by atoms with Gasteiger partial charge < -0.3 is 4.74 Å². The number of hydrogen-bond acceptors (Lipinski definition) is 4. The lowest BCUT2D eigenvalue weighted by Gasteiger charge is -2.26. The highest BCUT2D eigenvalue weighted by Gasteiger charge is 2.08. The first-order valence-electron chi connectivity index (χ1n) is 5.77. The van der Waals surface area contributed by atoms with E-state index < -0.39 is 0 Å². The Morgan fingerprint density at radius 2 is 1.87 bits per heavy atom. The second-order valence-electron chi connectivity index (χ2n) is 3.84. The summed E-state index contributed by atoms with van der Waals surface area (Å²) in [4.78, 5) is 15.8. The maximum atomic E-state index is 9.79. The van der Waals surface area contributed by atoms with Gasteiger partial charge in [0.25, 0.3) is 0 Å². The zero-order valence-electron chi connectivity index (χ0n) is 9.28. The van der Waals surface area contributed by atoms with Crippen LogP contribution in [0.2, 0.25) is 0 Å². The van der Waals surface area contributed by atoms with Crippen molar-refractivity contribution in [2.45, 2.75) is 25.7 Å². The maximum absolute atomic E-state index is 9.79. The molecule has 0 radical (unpaired) electrons. The van der Waals surface area contributed by atoms with Gasteiger partial charge in [-0.05, 0) is 19.4 Å². The average molecular weight is 212 g/mol. The fourth-order valence-corrected chi connectivity index (χ4v) is 1.75. The highest BCUT2D eigenvalue weighted by Crippen LogP contribution is 2.03. The molecule has 0 aliphatic carbocycles. The third-order valence-corrected chi connectivity index (χ3v) is 2.66. The van der Waals surface area contributed by atoms with Crippen molar-refractivity contribution in [2.24, 2.45) is 4.99 Å². The van der Waals surface area contributed by atoms with E-state index >= 15 is 0 Å². The molecule has 1 saturated heterocycles. The van der Waals surface area contributed by atoms with Crippen LogP contribution in [0.4, 0.5) is 0 Å². The number of aliphatic imine (C=N–C) groups is 1. The molecule has 15 heavy (non-hydrogen) atoms. The number of nitrogens with zero attached hydrogens (tertiary/aromatic N) is 2. The molecule has 1 aliphatic rings. The van der Waals surface area contributed by atoms with E-state index in [0.717, 1.165) is 39.1 Å². The van der Waals surface area contributed by atoms with Gasteiger partial charge in [0.05, 0.1) is 19.8 Å². The van der Waals surface area contributed by atoms with Crippen molar-refractivity contribution in [3.8, 4) is 0 Å². The average Bonchev–Trinajstić information content (AvgIpc) is 2.29. The van der Waals surface area contributed by atoms with Crippen molar-refractivity contribution in [1.29, 1.82) is 0 Å². The van der Waals surface area contributed by atoms with E-state index in [1.54, 1.807) is 6.08 Å². The third-order valence-electron chi connectivity index (χ3n) is 2.66. The van der Waals surface area contributed by atoms with Gasteiger partial charge in [0.1, 0.15) is 0 Å². The van der Waals surface area contributed by atoms with Crippen molar-refractivity contribution in [3.63, 3.8) is 0 Å². The lowest BCUT2D eigenvalue weighted by Crippen LogP contribution is -2.36. The summed E-state index contributed by atoms with van der Waals surface area (Å²) in [5.74, 6) is 0. The van der Waals surface area contributed by atoms with Crippen molar-refractivity contribution >= 4 is 6.08 Å². The lowest BCUT2D eigenvalue weighted by atomic mass is 10.2. The van der Waals surface area contributed by atoms with Crippen LogP contribution in [-0.2, 0) is 9.53 Å². The van der Waals surface area contributed by atoms with Crippen LogP contribution in [-0.4, -0.2) is 50.4 Å². The molecule has 1 rings (SSSR count). The summed E-state index contributed by atoms with van der Waals surface area (Å²) in [5.41, 5.74) is 0. The molecule has 0 spiro atoms. The molecule has 0 N–H and O–H groups in total. The van der Waals surface area contributed by atoms with Crippen LogP contribution in [0.5, 0.6) is 0 Å². The molecule has 86 valence electrons. The smallest absolute Gasteiger partial charge is 0.234 e. The number of hydrogen-bond donors (Lipinski definition) is 0. The van der Waals surface area contributed by atoms with Gasteiger partial charge in [-0.1, -0.05) is 12.8 Å². The number of isocyanates is 1. The Balaban J connectivity index is 1.85. The van der Waals surface area contributed by atoms with Gasteiger partial charge in [-0.3, -0.25) is 4.90 Å². The largest absolute Gasteiger partial charge is 0.379 e. The van der Waals surface area contributed by atoms with E-state index in [9.17, 15) is 4.79 Å². The summed E-state index contributed by atoms with van der Waals surface area (Å²) in [6.45, 7) is 5.74. The van der Waals surface area contributed by atoms with Gasteiger partial charge in [0, 0.05) is 13.1 Å². The summed E-state index contributed by atoms with van der Waals surface area (Å²) in [7, 11) is 0. The number of rotatable bonds is 7. The van der Waals surface area contributed by atoms with Crippen LogP contribution in [0.3, 0.4) is 0 Å². The quantitative estimate of drug-likeness (QED) is 0.362. The summed E-state index contributed by atoms with van der Waals surface area (Å²) >= 11 is 0. The number of morpholine rings is 1. The predicted molar refractivity (Wildman–Crippen MR) is 58.7 cm³/mol. The molecular formula is C11H20N2O2. The Labute approximate surface area is 91.3 Å². The zero-order chi connectivity index (χ0) is 10.8. The first kappa shape index (κ1) is 12.4. The van der Waals surface area contributed by atoms with Gasteiger partial charge in [0.2, 0.25) is 6.08 Å². The highest BCUT2D eigenvalue weighted by atomic mass is 16.5. The molecule has 4 heteroatoms. The topological polar surface area (TPSA) is 41.9 Å². The number of ether oxygens (including phenoxy) is 1. The summed E-state index contributed by atoms with van der Waals surface area (Å²) in [6, 6.07) is 0. The number of carbonyl (C=O) groups excluding carboxylic acids is 1. The third kappa shape index (κ3) is 6.39. The zero-order valence-corrected chi connectivity index (χ0v) is 9.28. The first-order valence-corrected chi connectivity index (χ1v) is 5.77. The molecule has 0 unspecified atom stereocenters. The van der Waals surface area contributed by atoms with Crippen molar-refractivity contribution < 1.29 is 9.53 Å². The molecule has 0 aromatic heterocycles. The van der Waals surface area contributed by atoms with Gasteiger partial charge in [-0.2, -0.15) is 0 Å². The minimum atomic E-state index is 0.640. The van der Waals surface area contributed by atoms with Gasteiger partial charge >= 0.3 is 0 Å². The highest BCUT2D eigenvalue weighted by molar-refractivity contribution is 5.32. The summed E-state index contributed by atoms with van der Waals surface area (Å²) < 4.78 is 5.28. The van der Waals surface area contributed by atoms with Gasteiger partial charge in [-0.25, -0.2) is 9.79 Å². The Morgan fingerprint density at radius 3 is 2.60 bits per heavy atom. The SMILES string of the molecule is O=C=NCCCCCCN1CCOCC1. The minimum absolute atomic E-state index is 0.640. The van der Waals surface area contributed by atoms with Crippen LogP contribution in [0, 0.1) is 0 Å². The molecule has 0 aromatic carbocycles. The second kappa shape index (κ2) is 8.60. The van der Waals surface area contributed by atoms with Gasteiger partial charge in [-0.15, -0.1) is 0 Å². The van der Waals surface area contributed by atoms with E-state index in [-0.39, 0.29) is 0 Å². The standard InChI is InChI=1S/C11H20N2O2/c14-11-12-5-3-1-2-4-6-13-7-9-15-10-8-13/h1-10H2. The van der Waals surface area contributed by atoms with Crippen LogP contribution >= 0.6 is 0 Å². The molecule has 0 bridgehead atoms. The predicted octanol–water partition coefficient (Wildman–Crippen LogP) is 1.21. The van der Waals surface area contributed by atoms with Crippen molar-refractivity contribution in [2.75, 3.05) is 39.4 Å². The van der Waals surface area contributed by atoms with E-state index in [1.807, 2.05) is 0 Å². The molecule has 1 aliphatic heterocycles. The van der Waals surface area contributed by atoms with Gasteiger partial charge in [0.15, 0.2) is 0 Å². The first-order chi connectivity index (χ1) is 7.43. The van der Waals surface area contributed by atoms with E-state index in [0.29, 0.717) is 6.54 Å². The fraction of sp³-hybridized carbons (Fsp3) is 0.909. The van der Waals surface area contributed by atoms with Crippen molar-refractivity contribution in [3.05, 3.63) is 0 Å². The fourth-order valence-electron chi connectivity index (χ4n) is 1.75. The van der Waals surface area contributed by atoms with E-state index in [4.69, 9.17) is 4.74 Å². The second-order valence-corrected chi connectivity index (χ2v) is 3.84. The van der Waals surface area contributed by atoms with E-state index in [1.165, 1.54) is 19.4 Å². The van der Waals surface area contributed by atoms with Crippen molar-refractivity contribution in [1.82, 2.24) is 4.90 Å². The van der Waals surface area contributed by atoms with E-state index in [2.05, 4.69) is 9.89 Å². The van der Waals surface area contributed by atoms with Crippen LogP contribution in [0.15, 0.2) is 4.99 Å². The lowest BCUT2D eigenvalue weighted by molar-refractivity contribution is 0.0371. The number of unbranched alkanes of at least 4 members (excludes halogenated alkanes) is 3. The normalized spacial score (nSPS) is 17.3. The molecule has 4 nitrogen and oxygen atoms in total. The Kier molecular flexibility index (Phi) is 7.09. The minimum Gasteiger partial charge on any atom is -0.379 e. The summed E-state index contributed by atoms with van der Waals surface area (Å²) in [5, 5.41) is 0. The van der Waals surface area contributed by atoms with Crippen LogP contribution < -0.4 is 0 Å². The summed E-state index contributed by atoms with van der Waals surface area (Å²) in [6.07, 6.45) is 6.21. The molecule has 1 fully saturated rings.